The lowest BCUT2D eigenvalue weighted by Gasteiger charge is -2.21. The average Bonchev–Trinajstić information content (AvgIpc) is 3.24. The number of sulfonamides is 2. The van der Waals surface area contributed by atoms with Crippen molar-refractivity contribution in [3.63, 3.8) is 0 Å². The zero-order chi connectivity index (χ0) is 20.5. The number of aromatic nitrogens is 2. The third kappa shape index (κ3) is 3.85. The van der Waals surface area contributed by atoms with E-state index in [9.17, 15) is 21.6 Å². The first-order chi connectivity index (χ1) is 13.2. The van der Waals surface area contributed by atoms with Crippen molar-refractivity contribution in [1.82, 2.24) is 18.4 Å². The van der Waals surface area contributed by atoms with Gasteiger partial charge in [0.05, 0.1) is 13.3 Å². The van der Waals surface area contributed by atoms with E-state index in [1.807, 2.05) is 0 Å². The van der Waals surface area contributed by atoms with Crippen LogP contribution in [-0.2, 0) is 31.8 Å². The van der Waals surface area contributed by atoms with E-state index in [1.54, 1.807) is 7.05 Å². The monoisotopic (exact) mass is 448 g/mol. The second-order valence-electron chi connectivity index (χ2n) is 6.12. The largest absolute Gasteiger partial charge is 0.465 e. The van der Waals surface area contributed by atoms with Gasteiger partial charge < -0.3 is 4.74 Å². The Labute approximate surface area is 167 Å². The minimum atomic E-state index is -3.95. The highest BCUT2D eigenvalue weighted by Crippen LogP contribution is 2.27. The minimum Gasteiger partial charge on any atom is -0.465 e. The Balaban J connectivity index is 1.82. The molecule has 28 heavy (non-hydrogen) atoms. The molecule has 3 rings (SSSR count). The number of carbonyl (C=O) groups is 1. The van der Waals surface area contributed by atoms with Gasteiger partial charge in [-0.3, -0.25) is 4.68 Å². The van der Waals surface area contributed by atoms with Gasteiger partial charge in [0.25, 0.3) is 0 Å². The molecule has 0 unspecified atom stereocenters. The van der Waals surface area contributed by atoms with Gasteiger partial charge in [-0.15, -0.1) is 11.3 Å². The zero-order valence-corrected chi connectivity index (χ0v) is 17.8. The van der Waals surface area contributed by atoms with E-state index in [2.05, 4.69) is 9.84 Å². The van der Waals surface area contributed by atoms with E-state index in [0.717, 1.165) is 11.3 Å². The van der Waals surface area contributed by atoms with Gasteiger partial charge in [0, 0.05) is 39.4 Å². The first kappa shape index (κ1) is 20.9. The SMILES string of the molecule is COC(=O)c1sccc1S(=O)(=O)N1CCCN(S(=O)(=O)c2cnn(C)c2)CC1. The molecule has 0 aromatic carbocycles. The van der Waals surface area contributed by atoms with Gasteiger partial charge in [-0.1, -0.05) is 0 Å². The van der Waals surface area contributed by atoms with Crippen molar-refractivity contribution in [3.8, 4) is 0 Å². The zero-order valence-electron chi connectivity index (χ0n) is 15.3. The number of carbonyl (C=O) groups excluding carboxylic acids is 1. The molecule has 0 spiro atoms. The lowest BCUT2D eigenvalue weighted by molar-refractivity contribution is 0.0602. The molecule has 0 aliphatic carbocycles. The van der Waals surface area contributed by atoms with E-state index >= 15 is 0 Å². The molecular weight excluding hydrogens is 428 g/mol. The van der Waals surface area contributed by atoms with Crippen molar-refractivity contribution in [1.29, 1.82) is 0 Å². The lowest BCUT2D eigenvalue weighted by atomic mass is 10.4. The van der Waals surface area contributed by atoms with Crippen LogP contribution in [0.3, 0.4) is 0 Å². The van der Waals surface area contributed by atoms with Crippen LogP contribution in [0.1, 0.15) is 16.1 Å². The first-order valence-corrected chi connectivity index (χ1v) is 12.1. The summed E-state index contributed by atoms with van der Waals surface area (Å²) >= 11 is 0.987. The topological polar surface area (TPSA) is 119 Å². The van der Waals surface area contributed by atoms with Gasteiger partial charge in [-0.25, -0.2) is 21.6 Å². The number of aryl methyl sites for hydroxylation is 1. The van der Waals surface area contributed by atoms with Gasteiger partial charge >= 0.3 is 5.97 Å². The van der Waals surface area contributed by atoms with Crippen molar-refractivity contribution in [2.24, 2.45) is 7.05 Å². The highest BCUT2D eigenvalue weighted by molar-refractivity contribution is 7.89. The standard InChI is InChI=1S/C15H20N4O6S3/c1-17-11-12(10-16-17)27(21,22)18-5-3-6-19(8-7-18)28(23,24)13-4-9-26-14(13)15(20)25-2/h4,9-11H,3,5-8H2,1-2H3. The van der Waals surface area contributed by atoms with Crippen LogP contribution >= 0.6 is 11.3 Å². The Kier molecular flexibility index (Phi) is 5.91. The molecule has 1 fully saturated rings. The first-order valence-electron chi connectivity index (χ1n) is 8.32. The van der Waals surface area contributed by atoms with Gasteiger partial charge in [-0.2, -0.15) is 13.7 Å². The number of hydrogen-bond acceptors (Lipinski definition) is 8. The summed E-state index contributed by atoms with van der Waals surface area (Å²) in [5, 5.41) is 5.40. The smallest absolute Gasteiger partial charge is 0.349 e. The quantitative estimate of drug-likeness (QED) is 0.606. The number of esters is 1. The maximum Gasteiger partial charge on any atom is 0.349 e. The van der Waals surface area contributed by atoms with Crippen molar-refractivity contribution in [2.75, 3.05) is 33.3 Å². The van der Waals surface area contributed by atoms with E-state index in [4.69, 9.17) is 0 Å². The Morgan fingerprint density at radius 2 is 1.75 bits per heavy atom. The van der Waals surface area contributed by atoms with Crippen molar-refractivity contribution in [2.45, 2.75) is 16.2 Å². The number of ether oxygens (including phenoxy) is 1. The van der Waals surface area contributed by atoms with E-state index in [0.29, 0.717) is 6.42 Å². The fraction of sp³-hybridized carbons (Fsp3) is 0.467. The molecule has 10 nitrogen and oxygen atoms in total. The molecule has 2 aromatic rings. The Morgan fingerprint density at radius 1 is 1.11 bits per heavy atom. The van der Waals surface area contributed by atoms with Crippen LogP contribution in [0, 0.1) is 0 Å². The lowest BCUT2D eigenvalue weighted by Crippen LogP contribution is -2.37. The van der Waals surface area contributed by atoms with Crippen LogP contribution in [0.4, 0.5) is 0 Å². The van der Waals surface area contributed by atoms with Crippen molar-refractivity contribution >= 4 is 37.4 Å². The molecule has 2 aromatic heterocycles. The van der Waals surface area contributed by atoms with E-state index in [1.165, 1.54) is 44.2 Å². The summed E-state index contributed by atoms with van der Waals surface area (Å²) in [5.74, 6) is -0.718. The molecule has 1 aliphatic heterocycles. The van der Waals surface area contributed by atoms with Crippen LogP contribution in [0.15, 0.2) is 33.6 Å². The number of hydrogen-bond donors (Lipinski definition) is 0. The van der Waals surface area contributed by atoms with Crippen LogP contribution in [0.5, 0.6) is 0 Å². The van der Waals surface area contributed by atoms with Crippen LogP contribution in [0.25, 0.3) is 0 Å². The summed E-state index contributed by atoms with van der Waals surface area (Å²) < 4.78 is 60.1. The maximum absolute atomic E-state index is 13.0. The van der Waals surface area contributed by atoms with Gasteiger partial charge in [-0.05, 0) is 17.9 Å². The highest BCUT2D eigenvalue weighted by Gasteiger charge is 2.34. The molecule has 0 N–H and O–H groups in total. The molecule has 0 saturated carbocycles. The fourth-order valence-corrected chi connectivity index (χ4v) is 7.15. The maximum atomic E-state index is 13.0. The Hall–Kier alpha value is -1.80. The molecular formula is C15H20N4O6S3. The summed E-state index contributed by atoms with van der Waals surface area (Å²) in [5.41, 5.74) is 0. The third-order valence-corrected chi connectivity index (χ3v) is 9.17. The Morgan fingerprint density at radius 3 is 2.32 bits per heavy atom. The van der Waals surface area contributed by atoms with Crippen molar-refractivity contribution < 1.29 is 26.4 Å². The van der Waals surface area contributed by atoms with E-state index < -0.39 is 26.0 Å². The average molecular weight is 449 g/mol. The molecule has 0 amide bonds. The normalized spacial score (nSPS) is 17.4. The number of thiophene rings is 1. The third-order valence-electron chi connectivity index (χ3n) is 4.35. The van der Waals surface area contributed by atoms with Crippen LogP contribution in [-0.4, -0.2) is 74.5 Å². The van der Waals surface area contributed by atoms with Gasteiger partial charge in [0.2, 0.25) is 20.0 Å². The molecule has 3 heterocycles. The van der Waals surface area contributed by atoms with Gasteiger partial charge in [0.15, 0.2) is 0 Å². The summed E-state index contributed by atoms with van der Waals surface area (Å²) in [7, 11) is -4.90. The number of rotatable bonds is 5. The molecule has 13 heteroatoms. The van der Waals surface area contributed by atoms with Crippen molar-refractivity contribution in [3.05, 3.63) is 28.7 Å². The summed E-state index contributed by atoms with van der Waals surface area (Å²) in [6, 6.07) is 1.36. The second kappa shape index (κ2) is 7.91. The molecule has 1 aliphatic rings. The number of methoxy groups -OCH3 is 1. The molecule has 1 saturated heterocycles. The molecule has 0 atom stereocenters. The molecule has 154 valence electrons. The summed E-state index contributed by atoms with van der Waals surface area (Å²) in [6.07, 6.45) is 3.00. The highest BCUT2D eigenvalue weighted by atomic mass is 32.2. The molecule has 0 radical (unpaired) electrons. The Bertz CT molecular complexity index is 1070. The number of nitrogens with zero attached hydrogens (tertiary/aromatic N) is 4. The predicted octanol–water partition coefficient (Wildman–Crippen LogP) is 0.353. The van der Waals surface area contributed by atoms with Crippen LogP contribution < -0.4 is 0 Å². The predicted molar refractivity (Wildman–Crippen MR) is 101 cm³/mol. The van der Waals surface area contributed by atoms with Crippen LogP contribution in [0.2, 0.25) is 0 Å². The molecule has 0 bridgehead atoms. The second-order valence-corrected chi connectivity index (χ2v) is 10.9. The van der Waals surface area contributed by atoms with E-state index in [-0.39, 0.29) is 40.8 Å². The fourth-order valence-electron chi connectivity index (χ4n) is 2.91. The van der Waals surface area contributed by atoms with Gasteiger partial charge in [0.1, 0.15) is 14.7 Å². The summed E-state index contributed by atoms with van der Waals surface area (Å²) in [4.78, 5) is 11.8. The summed E-state index contributed by atoms with van der Waals surface area (Å²) in [6.45, 7) is 0.334. The minimum absolute atomic E-state index is 0.00610.